The van der Waals surface area contributed by atoms with Gasteiger partial charge in [-0.15, -0.1) is 0 Å². The van der Waals surface area contributed by atoms with Crippen molar-refractivity contribution in [2.75, 3.05) is 0 Å². The zero-order chi connectivity index (χ0) is 20.1. The number of hydrogen-bond donors (Lipinski definition) is 2. The smallest absolute Gasteiger partial charge is 0.332 e. The van der Waals surface area contributed by atoms with E-state index in [1.54, 1.807) is 13.1 Å². The number of aromatic amines is 1. The van der Waals surface area contributed by atoms with Crippen LogP contribution in [0.1, 0.15) is 39.9 Å². The van der Waals surface area contributed by atoms with Gasteiger partial charge in [0.25, 0.3) is 5.56 Å². The average molecular weight is 285 g/mol. The van der Waals surface area contributed by atoms with E-state index in [4.69, 9.17) is 8.22 Å². The zero-order valence-electron chi connectivity index (χ0n) is 17.4. The number of aryl methyl sites for hydroxylation is 2. The number of rotatable bonds is 5. The Bertz CT molecular complexity index is 938. The van der Waals surface area contributed by atoms with Crippen LogP contribution in [0.3, 0.4) is 0 Å². The number of hydrogen-bond acceptors (Lipinski definition) is 3. The molecule has 0 aliphatic rings. The molecule has 0 saturated heterocycles. The second-order valence-corrected chi connectivity index (χ2v) is 4.62. The van der Waals surface area contributed by atoms with Crippen molar-refractivity contribution >= 4 is 11.0 Å². The van der Waals surface area contributed by atoms with Gasteiger partial charge < -0.3 is 10.1 Å². The molecule has 0 aliphatic heterocycles. The SMILES string of the molecule is [2H]C([2H])([2H])C([2H])(O)C([2H])([2H])CCCn1c(=O)c2c(C)c[nH]c2n(C)c1=O. The quantitative estimate of drug-likeness (QED) is 0.856. The predicted molar refractivity (Wildman–Crippen MR) is 78.1 cm³/mol. The van der Waals surface area contributed by atoms with Gasteiger partial charge in [-0.3, -0.25) is 13.9 Å². The molecule has 0 aromatic carbocycles. The molecule has 2 aromatic heterocycles. The first-order chi connectivity index (χ1) is 11.7. The first kappa shape index (κ1) is 8.46. The normalized spacial score (nSPS) is 20.4. The van der Waals surface area contributed by atoms with Gasteiger partial charge in [0.1, 0.15) is 5.65 Å². The first-order valence-electron chi connectivity index (χ1n) is 9.22. The van der Waals surface area contributed by atoms with Gasteiger partial charge in [0, 0.05) is 26.6 Å². The van der Waals surface area contributed by atoms with Crippen LogP contribution < -0.4 is 11.2 Å². The van der Waals surface area contributed by atoms with E-state index in [-0.39, 0.29) is 13.0 Å². The topological polar surface area (TPSA) is 80.0 Å². The standard InChI is InChI=1S/C14H21N3O3/c1-9-8-15-12-11(9)13(19)17(14(20)16(12)3)7-5-4-6-10(2)18/h8,10,15,18H,4-7H2,1-3H3/i2D3,6D2,10D. The van der Waals surface area contributed by atoms with Crippen molar-refractivity contribution in [3.05, 3.63) is 32.6 Å². The van der Waals surface area contributed by atoms with Crippen LogP contribution in [0.25, 0.3) is 11.0 Å². The molecule has 2 aromatic rings. The van der Waals surface area contributed by atoms with Crippen molar-refractivity contribution < 1.29 is 13.3 Å². The molecule has 1 atom stereocenters. The van der Waals surface area contributed by atoms with Gasteiger partial charge in [0.05, 0.1) is 12.8 Å². The van der Waals surface area contributed by atoms with Gasteiger partial charge in [-0.2, -0.15) is 0 Å². The van der Waals surface area contributed by atoms with Crippen molar-refractivity contribution in [3.63, 3.8) is 0 Å². The first-order valence-corrected chi connectivity index (χ1v) is 6.22. The van der Waals surface area contributed by atoms with E-state index in [1.165, 1.54) is 11.6 Å². The molecule has 2 heterocycles. The Balaban J connectivity index is 2.30. The maximum Gasteiger partial charge on any atom is 0.332 e. The van der Waals surface area contributed by atoms with E-state index < -0.39 is 37.0 Å². The Morgan fingerprint density at radius 3 is 3.00 bits per heavy atom. The molecule has 6 heteroatoms. The largest absolute Gasteiger partial charge is 0.393 e. The molecule has 0 bridgehead atoms. The number of fused-ring (bicyclic) bond motifs is 1. The summed E-state index contributed by atoms with van der Waals surface area (Å²) in [4.78, 5) is 27.8. The lowest BCUT2D eigenvalue weighted by Gasteiger charge is -2.09. The number of H-pyrrole nitrogens is 1. The fourth-order valence-corrected chi connectivity index (χ4v) is 2.18. The predicted octanol–water partition coefficient (Wildman–Crippen LogP) is 0.888. The fraction of sp³-hybridized carbons (Fsp3) is 0.571. The molecule has 0 fully saturated rings. The van der Waals surface area contributed by atoms with Crippen LogP contribution in [0, 0.1) is 6.92 Å². The van der Waals surface area contributed by atoms with Crippen LogP contribution >= 0.6 is 0 Å². The lowest BCUT2D eigenvalue weighted by molar-refractivity contribution is 0.180. The number of aromatic nitrogens is 3. The number of nitrogens with zero attached hydrogens (tertiary/aromatic N) is 2. The van der Waals surface area contributed by atoms with E-state index in [1.807, 2.05) is 0 Å². The number of nitrogens with one attached hydrogen (secondary N) is 1. The van der Waals surface area contributed by atoms with Crippen LogP contribution in [0.5, 0.6) is 0 Å². The monoisotopic (exact) mass is 285 g/mol. The summed E-state index contributed by atoms with van der Waals surface area (Å²) in [5.41, 5.74) is -0.0825. The Kier molecular flexibility index (Phi) is 2.40. The third kappa shape index (κ3) is 2.56. The van der Waals surface area contributed by atoms with Gasteiger partial charge >= 0.3 is 5.69 Å². The van der Waals surface area contributed by atoms with Gasteiger partial charge in [-0.05, 0) is 38.6 Å². The summed E-state index contributed by atoms with van der Waals surface area (Å²) in [6.07, 6.45) is -5.05. The molecule has 0 aliphatic carbocycles. The Morgan fingerprint density at radius 2 is 2.30 bits per heavy atom. The summed E-state index contributed by atoms with van der Waals surface area (Å²) < 4.78 is 46.5. The minimum atomic E-state index is -3.29. The molecular formula is C14H21N3O3. The zero-order valence-corrected chi connectivity index (χ0v) is 11.4. The molecule has 6 nitrogen and oxygen atoms in total. The van der Waals surface area contributed by atoms with Crippen molar-refractivity contribution in [2.45, 2.75) is 45.6 Å². The second kappa shape index (κ2) is 5.66. The summed E-state index contributed by atoms with van der Waals surface area (Å²) in [7, 11) is 1.49. The molecular weight excluding hydrogens is 258 g/mol. The maximum absolute atomic E-state index is 12.6. The molecule has 1 unspecified atom stereocenters. The van der Waals surface area contributed by atoms with Crippen molar-refractivity contribution in [2.24, 2.45) is 7.05 Å². The van der Waals surface area contributed by atoms with E-state index in [9.17, 15) is 14.7 Å². The van der Waals surface area contributed by atoms with Crippen molar-refractivity contribution in [1.82, 2.24) is 14.1 Å². The van der Waals surface area contributed by atoms with Crippen LogP contribution in [0.4, 0.5) is 0 Å². The number of aliphatic hydroxyl groups is 1. The van der Waals surface area contributed by atoms with Crippen molar-refractivity contribution in [3.8, 4) is 0 Å². The maximum atomic E-state index is 12.6. The van der Waals surface area contributed by atoms with Crippen LogP contribution in [-0.2, 0) is 13.6 Å². The summed E-state index contributed by atoms with van der Waals surface area (Å²) in [6, 6.07) is 0. The summed E-state index contributed by atoms with van der Waals surface area (Å²) in [5, 5.41) is 10.1. The highest BCUT2D eigenvalue weighted by Gasteiger charge is 2.13. The minimum Gasteiger partial charge on any atom is -0.393 e. The second-order valence-electron chi connectivity index (χ2n) is 4.62. The molecule has 110 valence electrons. The van der Waals surface area contributed by atoms with Gasteiger partial charge in [-0.25, -0.2) is 4.79 Å². The minimum absolute atomic E-state index is 0.103. The molecule has 0 radical (unpaired) electrons. The summed E-state index contributed by atoms with van der Waals surface area (Å²) in [6.45, 7) is -1.68. The highest BCUT2D eigenvalue weighted by atomic mass is 16.3. The highest BCUT2D eigenvalue weighted by Crippen LogP contribution is 2.10. The van der Waals surface area contributed by atoms with E-state index >= 15 is 0 Å². The Hall–Kier alpha value is -1.82. The van der Waals surface area contributed by atoms with Crippen LogP contribution in [0.2, 0.25) is 0 Å². The van der Waals surface area contributed by atoms with Gasteiger partial charge in [0.2, 0.25) is 0 Å². The molecule has 0 spiro atoms. The van der Waals surface area contributed by atoms with E-state index in [0.717, 1.165) is 4.57 Å². The third-order valence-corrected chi connectivity index (χ3v) is 3.22. The molecule has 20 heavy (non-hydrogen) atoms. The lowest BCUT2D eigenvalue weighted by Crippen LogP contribution is -2.39. The molecule has 0 saturated carbocycles. The molecule has 0 amide bonds. The van der Waals surface area contributed by atoms with E-state index in [0.29, 0.717) is 16.6 Å². The Morgan fingerprint density at radius 1 is 1.55 bits per heavy atom. The van der Waals surface area contributed by atoms with Crippen molar-refractivity contribution in [1.29, 1.82) is 0 Å². The molecule has 2 N–H and O–H groups in total. The average Bonchev–Trinajstić information content (AvgIpc) is 2.89. The van der Waals surface area contributed by atoms with Crippen LogP contribution in [-0.4, -0.2) is 25.3 Å². The highest BCUT2D eigenvalue weighted by molar-refractivity contribution is 5.78. The van der Waals surface area contributed by atoms with Gasteiger partial charge in [-0.1, -0.05) is 0 Å². The van der Waals surface area contributed by atoms with Gasteiger partial charge in [0.15, 0.2) is 0 Å². The summed E-state index contributed by atoms with van der Waals surface area (Å²) in [5.74, 6) is 0. The third-order valence-electron chi connectivity index (χ3n) is 3.22. The van der Waals surface area contributed by atoms with Crippen LogP contribution in [0.15, 0.2) is 15.8 Å². The Labute approximate surface area is 125 Å². The fourth-order valence-electron chi connectivity index (χ4n) is 2.18. The lowest BCUT2D eigenvalue weighted by atomic mass is 10.2. The van der Waals surface area contributed by atoms with E-state index in [2.05, 4.69) is 4.98 Å². The summed E-state index contributed by atoms with van der Waals surface area (Å²) >= 11 is 0. The molecule has 2 rings (SSSR count).